The van der Waals surface area contributed by atoms with Crippen LogP contribution in [0.3, 0.4) is 0 Å². The van der Waals surface area contributed by atoms with Crippen molar-refractivity contribution in [1.82, 2.24) is 5.32 Å². The van der Waals surface area contributed by atoms with Gasteiger partial charge in [-0.3, -0.25) is 4.79 Å². The van der Waals surface area contributed by atoms with Crippen molar-refractivity contribution in [1.29, 1.82) is 0 Å². The molecule has 0 saturated heterocycles. The van der Waals surface area contributed by atoms with Crippen LogP contribution in [0, 0.1) is 12.3 Å². The summed E-state index contributed by atoms with van der Waals surface area (Å²) in [6, 6.07) is 3.72. The Bertz CT molecular complexity index is 474. The van der Waals surface area contributed by atoms with Gasteiger partial charge in [-0.1, -0.05) is 12.1 Å². The smallest absolute Gasteiger partial charge is 0.351 e. The number of terminal acetylenes is 1. The lowest BCUT2D eigenvalue weighted by Gasteiger charge is -2.11. The topological polar surface area (TPSA) is 55.1 Å². The van der Waals surface area contributed by atoms with E-state index in [-0.39, 0.29) is 13.0 Å². The number of amides is 1. The Morgan fingerprint density at radius 1 is 1.37 bits per heavy atom. The fourth-order valence-corrected chi connectivity index (χ4v) is 1.35. The van der Waals surface area contributed by atoms with Gasteiger partial charge in [0.05, 0.1) is 11.6 Å². The number of hydrogen-bond donors (Lipinski definition) is 2. The molecule has 0 spiro atoms. The molecule has 1 amide bonds. The zero-order valence-electron chi connectivity index (χ0n) is 10.00. The van der Waals surface area contributed by atoms with Gasteiger partial charge in [-0.25, -0.2) is 0 Å². The van der Waals surface area contributed by atoms with Gasteiger partial charge in [0.15, 0.2) is 0 Å². The fourth-order valence-electron chi connectivity index (χ4n) is 1.35. The molecule has 1 aromatic rings. The van der Waals surface area contributed by atoms with Crippen LogP contribution in [0.5, 0.6) is 0 Å². The number of carbonyl (C=O) groups is 1. The second kappa shape index (κ2) is 6.25. The first-order chi connectivity index (χ1) is 8.84. The van der Waals surface area contributed by atoms with Crippen molar-refractivity contribution in [2.75, 3.05) is 0 Å². The molecule has 3 N–H and O–H groups in total. The molecular weight excluding hydrogens is 257 g/mol. The van der Waals surface area contributed by atoms with E-state index in [2.05, 4.69) is 11.2 Å². The quantitative estimate of drug-likeness (QED) is 0.818. The molecule has 0 fully saturated rings. The summed E-state index contributed by atoms with van der Waals surface area (Å²) in [6.07, 6.45) is 0.761. The normalized spacial score (nSPS) is 12.6. The number of hydrogen-bond acceptors (Lipinski definition) is 2. The van der Waals surface area contributed by atoms with Crippen LogP contribution in [-0.4, -0.2) is 11.9 Å². The minimum atomic E-state index is -4.36. The van der Waals surface area contributed by atoms with Crippen LogP contribution in [0.1, 0.15) is 17.5 Å². The van der Waals surface area contributed by atoms with E-state index in [1.54, 1.807) is 0 Å². The molecule has 0 aliphatic carbocycles. The summed E-state index contributed by atoms with van der Waals surface area (Å²) in [4.78, 5) is 11.4. The second-order valence-corrected chi connectivity index (χ2v) is 3.93. The van der Waals surface area contributed by atoms with E-state index in [9.17, 15) is 18.0 Å². The van der Waals surface area contributed by atoms with E-state index in [0.29, 0.717) is 5.56 Å². The Labute approximate surface area is 109 Å². The molecule has 19 heavy (non-hydrogen) atoms. The standard InChI is InChI=1S/C13H13F3N2O/c1-2-3-11(17)12(19)18-8-9-4-6-10(7-5-9)13(14,15)16/h1,4-7,11H,3,8,17H2,(H,18,19). The Balaban J connectivity index is 2.56. The Hall–Kier alpha value is -2.00. The minimum Gasteiger partial charge on any atom is -0.351 e. The molecule has 1 atom stereocenters. The molecule has 6 heteroatoms. The molecule has 1 aromatic carbocycles. The van der Waals surface area contributed by atoms with Crippen LogP contribution >= 0.6 is 0 Å². The summed E-state index contributed by atoms with van der Waals surface area (Å²) in [7, 11) is 0. The maximum Gasteiger partial charge on any atom is 0.416 e. The van der Waals surface area contributed by atoms with Crippen molar-refractivity contribution in [2.24, 2.45) is 5.73 Å². The van der Waals surface area contributed by atoms with Crippen LogP contribution in [0.2, 0.25) is 0 Å². The van der Waals surface area contributed by atoms with Crippen molar-refractivity contribution in [3.8, 4) is 12.3 Å². The van der Waals surface area contributed by atoms with Crippen molar-refractivity contribution in [3.05, 3.63) is 35.4 Å². The molecule has 0 radical (unpaired) electrons. The maximum atomic E-state index is 12.3. The average Bonchev–Trinajstić information content (AvgIpc) is 2.35. The lowest BCUT2D eigenvalue weighted by molar-refractivity contribution is -0.137. The van der Waals surface area contributed by atoms with E-state index >= 15 is 0 Å². The lowest BCUT2D eigenvalue weighted by atomic mass is 10.1. The maximum absolute atomic E-state index is 12.3. The van der Waals surface area contributed by atoms with Crippen LogP contribution in [0.4, 0.5) is 13.2 Å². The SMILES string of the molecule is C#CCC(N)C(=O)NCc1ccc(C(F)(F)F)cc1. The number of carbonyl (C=O) groups excluding carboxylic acids is 1. The van der Waals surface area contributed by atoms with Crippen LogP contribution in [0.15, 0.2) is 24.3 Å². The number of alkyl halides is 3. The molecule has 1 unspecified atom stereocenters. The van der Waals surface area contributed by atoms with Gasteiger partial charge in [0.2, 0.25) is 5.91 Å². The summed E-state index contributed by atoms with van der Waals surface area (Å²) in [5.41, 5.74) is 5.29. The van der Waals surface area contributed by atoms with Gasteiger partial charge < -0.3 is 11.1 Å². The number of halogens is 3. The van der Waals surface area contributed by atoms with Crippen LogP contribution in [0.25, 0.3) is 0 Å². The summed E-state index contributed by atoms with van der Waals surface area (Å²) in [6.45, 7) is 0.106. The summed E-state index contributed by atoms with van der Waals surface area (Å²) in [5, 5.41) is 2.50. The van der Waals surface area contributed by atoms with Crippen LogP contribution < -0.4 is 11.1 Å². The van der Waals surface area contributed by atoms with Gasteiger partial charge in [-0.15, -0.1) is 12.3 Å². The highest BCUT2D eigenvalue weighted by atomic mass is 19.4. The second-order valence-electron chi connectivity index (χ2n) is 3.93. The molecule has 0 aliphatic heterocycles. The molecule has 0 bridgehead atoms. The summed E-state index contributed by atoms with van der Waals surface area (Å²) in [5.74, 6) is 1.83. The summed E-state index contributed by atoms with van der Waals surface area (Å²) < 4.78 is 37.0. The zero-order chi connectivity index (χ0) is 14.5. The first kappa shape index (κ1) is 15.1. The first-order valence-electron chi connectivity index (χ1n) is 5.47. The van der Waals surface area contributed by atoms with E-state index in [4.69, 9.17) is 12.2 Å². The molecule has 1 rings (SSSR count). The molecular formula is C13H13F3N2O. The number of rotatable bonds is 4. The minimum absolute atomic E-state index is 0.106. The average molecular weight is 270 g/mol. The van der Waals surface area contributed by atoms with Crippen molar-refractivity contribution in [3.63, 3.8) is 0 Å². The molecule has 102 valence electrons. The highest BCUT2D eigenvalue weighted by Crippen LogP contribution is 2.28. The number of nitrogens with two attached hydrogens (primary N) is 1. The van der Waals surface area contributed by atoms with E-state index in [1.807, 2.05) is 0 Å². The van der Waals surface area contributed by atoms with Crippen LogP contribution in [-0.2, 0) is 17.5 Å². The Morgan fingerprint density at radius 2 is 1.95 bits per heavy atom. The molecule has 0 saturated carbocycles. The van der Waals surface area contributed by atoms with E-state index < -0.39 is 23.7 Å². The lowest BCUT2D eigenvalue weighted by Crippen LogP contribution is -2.39. The molecule has 3 nitrogen and oxygen atoms in total. The van der Waals surface area contributed by atoms with Gasteiger partial charge in [0.1, 0.15) is 0 Å². The largest absolute Gasteiger partial charge is 0.416 e. The predicted molar refractivity (Wildman–Crippen MR) is 64.7 cm³/mol. The Morgan fingerprint density at radius 3 is 2.42 bits per heavy atom. The van der Waals surface area contributed by atoms with Gasteiger partial charge >= 0.3 is 6.18 Å². The van der Waals surface area contributed by atoms with E-state index in [1.165, 1.54) is 12.1 Å². The van der Waals surface area contributed by atoms with Crippen molar-refractivity contribution >= 4 is 5.91 Å². The predicted octanol–water partition coefficient (Wildman–Crippen LogP) is 1.67. The number of nitrogens with one attached hydrogen (secondary N) is 1. The molecule has 0 aliphatic rings. The van der Waals surface area contributed by atoms with Crippen molar-refractivity contribution < 1.29 is 18.0 Å². The van der Waals surface area contributed by atoms with Gasteiger partial charge in [-0.2, -0.15) is 13.2 Å². The van der Waals surface area contributed by atoms with Gasteiger partial charge in [0, 0.05) is 13.0 Å². The highest BCUT2D eigenvalue weighted by molar-refractivity contribution is 5.81. The van der Waals surface area contributed by atoms with E-state index in [0.717, 1.165) is 12.1 Å². The summed E-state index contributed by atoms with van der Waals surface area (Å²) >= 11 is 0. The fraction of sp³-hybridized carbons (Fsp3) is 0.308. The third kappa shape index (κ3) is 4.64. The first-order valence-corrected chi connectivity index (χ1v) is 5.47. The third-order valence-corrected chi connectivity index (χ3v) is 2.42. The highest BCUT2D eigenvalue weighted by Gasteiger charge is 2.29. The number of benzene rings is 1. The molecule has 0 aromatic heterocycles. The van der Waals surface area contributed by atoms with Crippen molar-refractivity contribution in [2.45, 2.75) is 25.2 Å². The zero-order valence-corrected chi connectivity index (χ0v) is 10.00. The molecule has 0 heterocycles. The third-order valence-electron chi connectivity index (χ3n) is 2.42. The van der Waals surface area contributed by atoms with Gasteiger partial charge in [0.25, 0.3) is 0 Å². The Kier molecular flexibility index (Phi) is 4.95. The monoisotopic (exact) mass is 270 g/mol. The van der Waals surface area contributed by atoms with Gasteiger partial charge in [-0.05, 0) is 17.7 Å².